The van der Waals surface area contributed by atoms with E-state index in [0.717, 1.165) is 23.3 Å². The first-order chi connectivity index (χ1) is 19.3. The summed E-state index contributed by atoms with van der Waals surface area (Å²) in [7, 11) is 0. The number of anilines is 1. The van der Waals surface area contributed by atoms with Gasteiger partial charge in [0.15, 0.2) is 0 Å². The van der Waals surface area contributed by atoms with Gasteiger partial charge in [-0.1, -0.05) is 74.8 Å². The molecule has 3 aromatic rings. The summed E-state index contributed by atoms with van der Waals surface area (Å²) >= 11 is 6.27. The third kappa shape index (κ3) is 9.52. The minimum atomic E-state index is -4.45. The number of nitrogens with zero attached hydrogens (tertiary/aromatic N) is 1. The van der Waals surface area contributed by atoms with E-state index in [2.05, 4.69) is 26.1 Å². The quantitative estimate of drug-likeness (QED) is 0.231. The maximum Gasteiger partial charge on any atom is 0.416 e. The maximum absolute atomic E-state index is 14.0. The Hall–Kier alpha value is -3.52. The smallest absolute Gasteiger partial charge is 0.416 e. The van der Waals surface area contributed by atoms with Gasteiger partial charge in [0.1, 0.15) is 0 Å². The van der Waals surface area contributed by atoms with E-state index in [-0.39, 0.29) is 56.4 Å². The molecule has 0 aliphatic heterocycles. The van der Waals surface area contributed by atoms with Crippen LogP contribution >= 0.6 is 11.6 Å². The van der Waals surface area contributed by atoms with E-state index in [1.165, 1.54) is 6.07 Å². The molecule has 1 N–H and O–H groups in total. The molecule has 0 bridgehead atoms. The molecule has 220 valence electrons. The fourth-order valence-corrected chi connectivity index (χ4v) is 4.47. The van der Waals surface area contributed by atoms with Crippen LogP contribution in [0.1, 0.15) is 66.7 Å². The number of alkyl halides is 3. The Morgan fingerprint density at radius 3 is 2.27 bits per heavy atom. The Labute approximate surface area is 244 Å². The number of rotatable bonds is 11. The molecule has 41 heavy (non-hydrogen) atoms. The molecule has 0 spiro atoms. The summed E-state index contributed by atoms with van der Waals surface area (Å²) in [5.41, 5.74) is 2.53. The molecule has 0 unspecified atom stereocenters. The molecular formula is C32H36ClF3N2O3. The van der Waals surface area contributed by atoms with Gasteiger partial charge in [-0.2, -0.15) is 13.2 Å². The number of carbonyl (C=O) groups is 2. The highest BCUT2D eigenvalue weighted by molar-refractivity contribution is 6.31. The summed E-state index contributed by atoms with van der Waals surface area (Å²) in [6.45, 7) is 9.02. The van der Waals surface area contributed by atoms with E-state index in [9.17, 15) is 22.8 Å². The number of benzene rings is 3. The lowest BCUT2D eigenvalue weighted by atomic mass is 9.87. The molecule has 0 aromatic heterocycles. The summed E-state index contributed by atoms with van der Waals surface area (Å²) in [4.78, 5) is 27.3. The van der Waals surface area contributed by atoms with Crippen molar-refractivity contribution in [3.05, 3.63) is 99.6 Å². The third-order valence-corrected chi connectivity index (χ3v) is 6.80. The highest BCUT2D eigenvalue weighted by Crippen LogP contribution is 2.30. The maximum atomic E-state index is 14.0. The van der Waals surface area contributed by atoms with Gasteiger partial charge in [-0.3, -0.25) is 9.59 Å². The second kappa shape index (κ2) is 13.9. The topological polar surface area (TPSA) is 58.6 Å². The van der Waals surface area contributed by atoms with E-state index in [1.807, 2.05) is 24.3 Å². The van der Waals surface area contributed by atoms with Crippen molar-refractivity contribution in [3.8, 4) is 0 Å². The normalized spacial score (nSPS) is 11.7. The second-order valence-electron chi connectivity index (χ2n) is 10.8. The minimum Gasteiger partial charge on any atom is -0.466 e. The minimum absolute atomic E-state index is 0.0392. The number of nitrogens with one attached hydrogen (secondary N) is 1. The Morgan fingerprint density at radius 2 is 1.63 bits per heavy atom. The van der Waals surface area contributed by atoms with Gasteiger partial charge in [-0.05, 0) is 59.7 Å². The number of carbonyl (C=O) groups excluding carboxylic acids is 2. The van der Waals surface area contributed by atoms with E-state index < -0.39 is 11.7 Å². The number of esters is 1. The van der Waals surface area contributed by atoms with Crippen molar-refractivity contribution in [1.29, 1.82) is 0 Å². The van der Waals surface area contributed by atoms with Crippen LogP contribution in [0.15, 0.2) is 66.7 Å². The van der Waals surface area contributed by atoms with Crippen molar-refractivity contribution < 1.29 is 27.5 Å². The van der Waals surface area contributed by atoms with Crippen molar-refractivity contribution in [3.63, 3.8) is 0 Å². The summed E-state index contributed by atoms with van der Waals surface area (Å²) in [6.07, 6.45) is -4.11. The Balaban J connectivity index is 1.89. The van der Waals surface area contributed by atoms with Gasteiger partial charge in [0.25, 0.3) is 5.91 Å². The first-order valence-electron chi connectivity index (χ1n) is 13.5. The number of halogens is 4. The van der Waals surface area contributed by atoms with Gasteiger partial charge >= 0.3 is 12.1 Å². The largest absolute Gasteiger partial charge is 0.466 e. The number of hydrogen-bond acceptors (Lipinski definition) is 4. The second-order valence-corrected chi connectivity index (χ2v) is 11.2. The average molecular weight is 589 g/mol. The zero-order chi connectivity index (χ0) is 30.2. The first kappa shape index (κ1) is 32.0. The van der Waals surface area contributed by atoms with Crippen LogP contribution < -0.4 is 5.32 Å². The summed E-state index contributed by atoms with van der Waals surface area (Å²) < 4.78 is 44.8. The Morgan fingerprint density at radius 1 is 0.927 bits per heavy atom. The molecule has 3 rings (SSSR count). The highest BCUT2D eigenvalue weighted by Gasteiger charge is 2.30. The van der Waals surface area contributed by atoms with E-state index >= 15 is 0 Å². The van der Waals surface area contributed by atoms with E-state index in [1.54, 1.807) is 36.1 Å². The molecular weight excluding hydrogens is 553 g/mol. The zero-order valence-corrected chi connectivity index (χ0v) is 24.5. The van der Waals surface area contributed by atoms with Gasteiger partial charge in [-0.15, -0.1) is 0 Å². The molecule has 0 fully saturated rings. The molecule has 9 heteroatoms. The van der Waals surface area contributed by atoms with Crippen LogP contribution in [-0.2, 0) is 34.1 Å². The van der Waals surface area contributed by atoms with Crippen LogP contribution in [0, 0.1) is 0 Å². The first-order valence-corrected chi connectivity index (χ1v) is 13.9. The van der Waals surface area contributed by atoms with Gasteiger partial charge in [0.2, 0.25) is 0 Å². The van der Waals surface area contributed by atoms with Gasteiger partial charge in [0, 0.05) is 30.3 Å². The van der Waals surface area contributed by atoms with Crippen molar-refractivity contribution in [2.75, 3.05) is 25.0 Å². The number of ether oxygens (including phenoxy) is 1. The fraction of sp³-hybridized carbons (Fsp3) is 0.375. The standard InChI is InChI=1S/C32H36ClF3N2O3/c1-5-41-29(39)15-17-37-28-14-13-26(33)20-27(28)30(40)38(21-23-9-11-24(12-10-23)31(2,3)4)18-16-22-7-6-8-25(19-22)32(34,35)36/h6-14,19-20,37H,5,15-18,21H2,1-4H3. The average Bonchev–Trinajstić information content (AvgIpc) is 2.91. The molecule has 0 saturated heterocycles. The van der Waals surface area contributed by atoms with E-state index in [0.29, 0.717) is 21.8 Å². The SMILES string of the molecule is CCOC(=O)CCNc1ccc(Cl)cc1C(=O)N(CCc1cccc(C(F)(F)F)c1)Cc1ccc(C(C)(C)C)cc1. The van der Waals surface area contributed by atoms with Crippen molar-refractivity contribution in [1.82, 2.24) is 4.90 Å². The van der Waals surface area contributed by atoms with E-state index in [4.69, 9.17) is 16.3 Å². The van der Waals surface area contributed by atoms with Crippen LogP contribution in [0.3, 0.4) is 0 Å². The number of amides is 1. The highest BCUT2D eigenvalue weighted by atomic mass is 35.5. The molecule has 0 radical (unpaired) electrons. The molecule has 0 heterocycles. The molecule has 5 nitrogen and oxygen atoms in total. The van der Waals surface area contributed by atoms with Crippen molar-refractivity contribution >= 4 is 29.2 Å². The third-order valence-electron chi connectivity index (χ3n) is 6.57. The summed E-state index contributed by atoms with van der Waals surface area (Å²) in [5, 5.41) is 3.48. The lowest BCUT2D eigenvalue weighted by Gasteiger charge is -2.25. The molecule has 0 aliphatic rings. The van der Waals surface area contributed by atoms with Crippen LogP contribution in [0.2, 0.25) is 5.02 Å². The van der Waals surface area contributed by atoms with Gasteiger partial charge in [-0.25, -0.2) is 0 Å². The van der Waals surface area contributed by atoms with Gasteiger partial charge in [0.05, 0.1) is 24.2 Å². The molecule has 0 atom stereocenters. The lowest BCUT2D eigenvalue weighted by Crippen LogP contribution is -2.33. The van der Waals surface area contributed by atoms with Crippen LogP contribution in [-0.4, -0.2) is 36.5 Å². The zero-order valence-electron chi connectivity index (χ0n) is 23.8. The van der Waals surface area contributed by atoms with Crippen molar-refractivity contribution in [2.45, 2.75) is 58.7 Å². The molecule has 0 aliphatic carbocycles. The monoisotopic (exact) mass is 588 g/mol. The van der Waals surface area contributed by atoms with Crippen molar-refractivity contribution in [2.24, 2.45) is 0 Å². The number of hydrogen-bond donors (Lipinski definition) is 1. The van der Waals surface area contributed by atoms with Crippen LogP contribution in [0.5, 0.6) is 0 Å². The molecule has 3 aromatic carbocycles. The summed E-state index contributed by atoms with van der Waals surface area (Å²) in [6, 6.07) is 18.0. The predicted molar refractivity (Wildman–Crippen MR) is 156 cm³/mol. The fourth-order valence-electron chi connectivity index (χ4n) is 4.30. The Bertz CT molecular complexity index is 1340. The predicted octanol–water partition coefficient (Wildman–Crippen LogP) is 7.91. The van der Waals surface area contributed by atoms with Crippen LogP contribution in [0.25, 0.3) is 0 Å². The Kier molecular flexibility index (Phi) is 10.8. The van der Waals surface area contributed by atoms with Crippen LogP contribution in [0.4, 0.5) is 18.9 Å². The molecule has 0 saturated carbocycles. The van der Waals surface area contributed by atoms with Gasteiger partial charge < -0.3 is 15.0 Å². The molecule has 1 amide bonds. The lowest BCUT2D eigenvalue weighted by molar-refractivity contribution is -0.142. The summed E-state index contributed by atoms with van der Waals surface area (Å²) in [5.74, 6) is -0.693.